The number of thioether (sulfide) groups is 2. The summed E-state index contributed by atoms with van der Waals surface area (Å²) in [6.07, 6.45) is 0. The summed E-state index contributed by atoms with van der Waals surface area (Å²) in [6.45, 7) is 3.40. The zero-order valence-electron chi connectivity index (χ0n) is 14.5. The van der Waals surface area contributed by atoms with Crippen LogP contribution in [-0.4, -0.2) is 103 Å². The molecule has 0 unspecified atom stereocenters. The molecule has 0 saturated heterocycles. The summed E-state index contributed by atoms with van der Waals surface area (Å²) >= 11 is 3.31. The molecule has 2 aromatic heterocycles. The van der Waals surface area contributed by atoms with Crippen molar-refractivity contribution in [2.75, 3.05) is 52.8 Å². The Labute approximate surface area is 150 Å². The third-order valence-electron chi connectivity index (χ3n) is 3.06. The average molecular weight is 373 g/mol. The van der Waals surface area contributed by atoms with E-state index in [2.05, 4.69) is 40.9 Å². The SMILES string of the molecule is CN(C)CCn1nnnc1SCCSc1nnnn1CCN(C)C. The number of tetrazole rings is 2. The Kier molecular flexibility index (Phi) is 7.88. The Morgan fingerprint density at radius 1 is 0.750 bits per heavy atom. The summed E-state index contributed by atoms with van der Waals surface area (Å²) in [5.74, 6) is 1.79. The molecule has 0 radical (unpaired) electrons. The van der Waals surface area contributed by atoms with Crippen molar-refractivity contribution in [3.8, 4) is 0 Å². The monoisotopic (exact) mass is 372 g/mol. The van der Waals surface area contributed by atoms with Crippen LogP contribution in [0.5, 0.6) is 0 Å². The fourth-order valence-electron chi connectivity index (χ4n) is 1.74. The van der Waals surface area contributed by atoms with Gasteiger partial charge in [0.2, 0.25) is 10.3 Å². The minimum atomic E-state index is 0.790. The van der Waals surface area contributed by atoms with Gasteiger partial charge in [0.15, 0.2) is 0 Å². The fraction of sp³-hybridized carbons (Fsp3) is 0.833. The lowest BCUT2D eigenvalue weighted by Crippen LogP contribution is -2.19. The van der Waals surface area contributed by atoms with Gasteiger partial charge in [0, 0.05) is 24.6 Å². The normalized spacial score (nSPS) is 11.8. The number of hydrogen-bond acceptors (Lipinski definition) is 10. The predicted molar refractivity (Wildman–Crippen MR) is 94.2 cm³/mol. The minimum absolute atomic E-state index is 0.790. The van der Waals surface area contributed by atoms with Crippen molar-refractivity contribution in [2.24, 2.45) is 0 Å². The van der Waals surface area contributed by atoms with Crippen LogP contribution in [0, 0.1) is 0 Å². The topological polar surface area (TPSA) is 93.7 Å². The van der Waals surface area contributed by atoms with Crippen molar-refractivity contribution in [1.82, 2.24) is 50.2 Å². The average Bonchev–Trinajstić information content (AvgIpc) is 3.16. The van der Waals surface area contributed by atoms with Gasteiger partial charge in [-0.15, -0.1) is 10.2 Å². The molecule has 0 saturated carbocycles. The van der Waals surface area contributed by atoms with Crippen molar-refractivity contribution in [3.05, 3.63) is 0 Å². The van der Waals surface area contributed by atoms with E-state index < -0.39 is 0 Å². The fourth-order valence-corrected chi connectivity index (χ4v) is 3.51. The smallest absolute Gasteiger partial charge is 0.209 e. The molecule has 0 aromatic carbocycles. The van der Waals surface area contributed by atoms with E-state index in [1.54, 1.807) is 23.5 Å². The molecule has 2 heterocycles. The Balaban J connectivity index is 1.74. The summed E-state index contributed by atoms with van der Waals surface area (Å²) in [7, 11) is 8.14. The van der Waals surface area contributed by atoms with Crippen LogP contribution in [-0.2, 0) is 13.1 Å². The highest BCUT2D eigenvalue weighted by molar-refractivity contribution is 8.02. The van der Waals surface area contributed by atoms with Crippen molar-refractivity contribution in [3.63, 3.8) is 0 Å². The third-order valence-corrected chi connectivity index (χ3v) is 5.24. The molecule has 10 nitrogen and oxygen atoms in total. The molecular formula is C12H24N10S2. The number of hydrogen-bond donors (Lipinski definition) is 0. The highest BCUT2D eigenvalue weighted by atomic mass is 32.2. The van der Waals surface area contributed by atoms with E-state index in [1.165, 1.54) is 0 Å². The van der Waals surface area contributed by atoms with Crippen LogP contribution in [0.4, 0.5) is 0 Å². The summed E-state index contributed by atoms with van der Waals surface area (Å²) in [5, 5.41) is 25.4. The molecule has 0 aliphatic rings. The first kappa shape index (κ1) is 19.1. The van der Waals surface area contributed by atoms with E-state index in [-0.39, 0.29) is 0 Å². The molecule has 0 aliphatic heterocycles. The molecule has 0 fully saturated rings. The molecule has 0 bridgehead atoms. The van der Waals surface area contributed by atoms with E-state index in [0.717, 1.165) is 48.0 Å². The maximum Gasteiger partial charge on any atom is 0.209 e. The standard InChI is InChI=1S/C12H24N10S2/c1-19(2)5-7-21-11(13-15-17-21)23-9-10-24-12-14-16-18-22(12)8-6-20(3)4/h5-10H2,1-4H3. The molecule has 12 heteroatoms. The van der Waals surface area contributed by atoms with Crippen molar-refractivity contribution >= 4 is 23.5 Å². The van der Waals surface area contributed by atoms with E-state index in [0.29, 0.717) is 0 Å². The van der Waals surface area contributed by atoms with Crippen LogP contribution < -0.4 is 0 Å². The first-order valence-electron chi connectivity index (χ1n) is 7.63. The summed E-state index contributed by atoms with van der Waals surface area (Å²) in [4.78, 5) is 4.22. The quantitative estimate of drug-likeness (QED) is 0.385. The van der Waals surface area contributed by atoms with Crippen LogP contribution in [0.15, 0.2) is 10.3 Å². The van der Waals surface area contributed by atoms with Crippen LogP contribution in [0.3, 0.4) is 0 Å². The van der Waals surface area contributed by atoms with E-state index in [4.69, 9.17) is 0 Å². The molecule has 2 aromatic rings. The number of likely N-dealkylation sites (N-methyl/N-ethyl adjacent to an activating group) is 2. The zero-order chi connectivity index (χ0) is 17.4. The van der Waals surface area contributed by atoms with Gasteiger partial charge in [-0.2, -0.15) is 0 Å². The first-order valence-corrected chi connectivity index (χ1v) is 9.60. The Hall–Kier alpha value is -1.24. The van der Waals surface area contributed by atoms with Gasteiger partial charge in [0.25, 0.3) is 0 Å². The Morgan fingerprint density at radius 3 is 1.54 bits per heavy atom. The molecule has 24 heavy (non-hydrogen) atoms. The highest BCUT2D eigenvalue weighted by Crippen LogP contribution is 2.19. The maximum absolute atomic E-state index is 4.08. The van der Waals surface area contributed by atoms with Crippen molar-refractivity contribution in [2.45, 2.75) is 23.4 Å². The molecule has 0 N–H and O–H groups in total. The van der Waals surface area contributed by atoms with E-state index in [9.17, 15) is 0 Å². The van der Waals surface area contributed by atoms with Crippen LogP contribution in [0.2, 0.25) is 0 Å². The third kappa shape index (κ3) is 6.34. The maximum atomic E-state index is 4.08. The zero-order valence-corrected chi connectivity index (χ0v) is 16.2. The van der Waals surface area contributed by atoms with E-state index >= 15 is 0 Å². The Bertz CT molecular complexity index is 544. The lowest BCUT2D eigenvalue weighted by Gasteiger charge is -2.10. The van der Waals surface area contributed by atoms with Crippen LogP contribution in [0.1, 0.15) is 0 Å². The summed E-state index contributed by atoms with van der Waals surface area (Å²) < 4.78 is 3.69. The highest BCUT2D eigenvalue weighted by Gasteiger charge is 2.09. The van der Waals surface area contributed by atoms with Gasteiger partial charge in [-0.3, -0.25) is 0 Å². The van der Waals surface area contributed by atoms with Crippen LogP contribution >= 0.6 is 23.5 Å². The second-order valence-corrected chi connectivity index (χ2v) is 7.80. The molecule has 0 amide bonds. The van der Waals surface area contributed by atoms with Crippen LogP contribution in [0.25, 0.3) is 0 Å². The predicted octanol–water partition coefficient (Wildman–Crippen LogP) is -0.333. The second-order valence-electron chi connectivity index (χ2n) is 5.67. The van der Waals surface area contributed by atoms with Gasteiger partial charge in [0.1, 0.15) is 0 Å². The molecule has 0 aliphatic carbocycles. The lowest BCUT2D eigenvalue weighted by molar-refractivity contribution is 0.361. The lowest BCUT2D eigenvalue weighted by atomic mass is 10.6. The molecule has 0 atom stereocenters. The van der Waals surface area contributed by atoms with E-state index in [1.807, 2.05) is 37.6 Å². The summed E-state index contributed by atoms with van der Waals surface area (Å²) in [5.41, 5.74) is 0. The van der Waals surface area contributed by atoms with Gasteiger partial charge in [0.05, 0.1) is 13.1 Å². The number of nitrogens with zero attached hydrogens (tertiary/aromatic N) is 10. The van der Waals surface area contributed by atoms with Gasteiger partial charge >= 0.3 is 0 Å². The van der Waals surface area contributed by atoms with Gasteiger partial charge in [-0.25, -0.2) is 9.36 Å². The molecule has 2 rings (SSSR count). The number of aromatic nitrogens is 8. The van der Waals surface area contributed by atoms with Gasteiger partial charge in [-0.05, 0) is 49.0 Å². The molecule has 0 spiro atoms. The largest absolute Gasteiger partial charge is 0.308 e. The molecular weight excluding hydrogens is 348 g/mol. The Morgan fingerprint density at radius 2 is 1.17 bits per heavy atom. The first-order chi connectivity index (χ1) is 11.6. The van der Waals surface area contributed by atoms with Gasteiger partial charge < -0.3 is 9.80 Å². The minimum Gasteiger partial charge on any atom is -0.308 e. The van der Waals surface area contributed by atoms with Crippen molar-refractivity contribution in [1.29, 1.82) is 0 Å². The van der Waals surface area contributed by atoms with Gasteiger partial charge in [-0.1, -0.05) is 23.5 Å². The summed E-state index contributed by atoms with van der Waals surface area (Å²) in [6, 6.07) is 0. The van der Waals surface area contributed by atoms with Crippen molar-refractivity contribution < 1.29 is 0 Å². The number of rotatable bonds is 11. The second kappa shape index (κ2) is 9.91. The molecule has 134 valence electrons.